The first-order valence-corrected chi connectivity index (χ1v) is 9.50. The van der Waals surface area contributed by atoms with Crippen LogP contribution >= 0.6 is 34.0 Å². The molecule has 0 radical (unpaired) electrons. The van der Waals surface area contributed by atoms with Crippen LogP contribution in [0, 0.1) is 0 Å². The molecule has 7 heteroatoms. The normalized spacial score (nSPS) is 10.7. The van der Waals surface area contributed by atoms with E-state index in [0.717, 1.165) is 16.2 Å². The topological polar surface area (TPSA) is 46.1 Å². The van der Waals surface area contributed by atoms with Crippen LogP contribution in [-0.2, 0) is 24.3 Å². The van der Waals surface area contributed by atoms with E-state index in [-0.39, 0.29) is 5.91 Å². The first-order valence-electron chi connectivity index (χ1n) is 6.86. The van der Waals surface area contributed by atoms with Crippen LogP contribution in [0.3, 0.4) is 0 Å². The van der Waals surface area contributed by atoms with Crippen molar-refractivity contribution in [1.29, 1.82) is 0 Å². The Morgan fingerprint density at radius 3 is 2.18 bits per heavy atom. The molecule has 3 rings (SSSR count). The Morgan fingerprint density at radius 1 is 1.00 bits per heavy atom. The van der Waals surface area contributed by atoms with Gasteiger partial charge in [-0.2, -0.15) is 0 Å². The summed E-state index contributed by atoms with van der Waals surface area (Å²) in [5.74, 6) is 0.176. The van der Waals surface area contributed by atoms with Crippen molar-refractivity contribution in [1.82, 2.24) is 14.9 Å². The summed E-state index contributed by atoms with van der Waals surface area (Å²) in [6.45, 7) is 1.23. The van der Waals surface area contributed by atoms with Crippen LogP contribution in [0.15, 0.2) is 40.9 Å². The average molecular weight is 350 g/mol. The lowest BCUT2D eigenvalue weighted by Crippen LogP contribution is -2.29. The highest BCUT2D eigenvalue weighted by Crippen LogP contribution is 2.18. The zero-order valence-corrected chi connectivity index (χ0v) is 14.3. The fraction of sp³-hybridized carbons (Fsp3) is 0.267. The summed E-state index contributed by atoms with van der Waals surface area (Å²) in [7, 11) is 0. The SMILES string of the molecule is O=C(CCc1cccs1)N(Cc1cncs1)Cc1cncs1. The van der Waals surface area contributed by atoms with Gasteiger partial charge in [0.2, 0.25) is 5.91 Å². The van der Waals surface area contributed by atoms with Crippen LogP contribution < -0.4 is 0 Å². The molecule has 4 nitrogen and oxygen atoms in total. The summed E-state index contributed by atoms with van der Waals surface area (Å²) in [6, 6.07) is 4.10. The van der Waals surface area contributed by atoms with E-state index in [1.165, 1.54) is 4.88 Å². The molecule has 0 N–H and O–H groups in total. The number of hydrogen-bond acceptors (Lipinski definition) is 6. The number of rotatable bonds is 7. The van der Waals surface area contributed by atoms with E-state index in [2.05, 4.69) is 16.0 Å². The lowest BCUT2D eigenvalue weighted by molar-refractivity contribution is -0.132. The highest BCUT2D eigenvalue weighted by Gasteiger charge is 2.16. The van der Waals surface area contributed by atoms with E-state index in [4.69, 9.17) is 0 Å². The maximum Gasteiger partial charge on any atom is 0.223 e. The predicted octanol–water partition coefficient (Wildman–Crippen LogP) is 3.82. The van der Waals surface area contributed by atoms with E-state index in [1.54, 1.807) is 45.0 Å². The summed E-state index contributed by atoms with van der Waals surface area (Å²) < 4.78 is 0. The van der Waals surface area contributed by atoms with Gasteiger partial charge in [-0.25, -0.2) is 0 Å². The molecule has 0 aliphatic carbocycles. The minimum Gasteiger partial charge on any atom is -0.332 e. The third-order valence-corrected chi connectivity index (χ3v) is 5.64. The van der Waals surface area contributed by atoms with Gasteiger partial charge in [-0.15, -0.1) is 34.0 Å². The number of aryl methyl sites for hydroxylation is 1. The fourth-order valence-electron chi connectivity index (χ4n) is 2.09. The Bertz CT molecular complexity index is 642. The van der Waals surface area contributed by atoms with Crippen LogP contribution in [0.1, 0.15) is 21.1 Å². The van der Waals surface area contributed by atoms with E-state index in [9.17, 15) is 4.79 Å². The maximum absolute atomic E-state index is 12.6. The maximum atomic E-state index is 12.6. The number of amides is 1. The Kier molecular flexibility index (Phi) is 5.31. The number of aromatic nitrogens is 2. The summed E-state index contributed by atoms with van der Waals surface area (Å²) in [5, 5.41) is 2.05. The lowest BCUT2D eigenvalue weighted by atomic mass is 10.2. The van der Waals surface area contributed by atoms with Crippen molar-refractivity contribution >= 4 is 39.9 Å². The average Bonchev–Trinajstić information content (AvgIpc) is 3.27. The summed E-state index contributed by atoms with van der Waals surface area (Å²) in [6.07, 6.45) is 5.00. The molecular formula is C15H15N3OS3. The van der Waals surface area contributed by atoms with Crippen LogP contribution in [-0.4, -0.2) is 20.8 Å². The Hall–Kier alpha value is -1.57. The van der Waals surface area contributed by atoms with Gasteiger partial charge in [-0.1, -0.05) is 6.07 Å². The Balaban J connectivity index is 1.64. The second-order valence-corrected chi connectivity index (χ2v) is 7.74. The third-order valence-electron chi connectivity index (χ3n) is 3.18. The molecule has 0 aromatic carbocycles. The second kappa shape index (κ2) is 7.62. The smallest absolute Gasteiger partial charge is 0.223 e. The van der Waals surface area contributed by atoms with Crippen molar-refractivity contribution in [3.05, 3.63) is 55.6 Å². The minimum atomic E-state index is 0.176. The quantitative estimate of drug-likeness (QED) is 0.651. The highest BCUT2D eigenvalue weighted by molar-refractivity contribution is 7.10. The van der Waals surface area contributed by atoms with Gasteiger partial charge in [0.15, 0.2) is 0 Å². The number of thiophene rings is 1. The van der Waals surface area contributed by atoms with E-state index in [1.807, 2.05) is 28.7 Å². The van der Waals surface area contributed by atoms with Gasteiger partial charge in [0.1, 0.15) is 0 Å². The zero-order valence-electron chi connectivity index (χ0n) is 11.8. The molecule has 3 heterocycles. The van der Waals surface area contributed by atoms with E-state index >= 15 is 0 Å². The van der Waals surface area contributed by atoms with Crippen LogP contribution in [0.4, 0.5) is 0 Å². The summed E-state index contributed by atoms with van der Waals surface area (Å²) in [5.41, 5.74) is 3.60. The second-order valence-electron chi connectivity index (χ2n) is 4.76. The standard InChI is InChI=1S/C15H15N3OS3/c19-15(4-3-12-2-1-5-20-12)18(8-13-6-16-10-21-13)9-14-7-17-11-22-14/h1-2,5-7,10-11H,3-4,8-9H2. The molecule has 0 aliphatic rings. The number of carbonyl (C=O) groups is 1. The predicted molar refractivity (Wildman–Crippen MR) is 91.1 cm³/mol. The van der Waals surface area contributed by atoms with Crippen molar-refractivity contribution in [2.24, 2.45) is 0 Å². The molecule has 0 atom stereocenters. The van der Waals surface area contributed by atoms with Crippen LogP contribution in [0.2, 0.25) is 0 Å². The van der Waals surface area contributed by atoms with Gasteiger partial charge < -0.3 is 4.90 Å². The molecule has 22 heavy (non-hydrogen) atoms. The highest BCUT2D eigenvalue weighted by atomic mass is 32.1. The van der Waals surface area contributed by atoms with E-state index < -0.39 is 0 Å². The van der Waals surface area contributed by atoms with Gasteiger partial charge in [0, 0.05) is 33.4 Å². The van der Waals surface area contributed by atoms with Gasteiger partial charge in [-0.3, -0.25) is 14.8 Å². The molecule has 3 aromatic rings. The number of carbonyl (C=O) groups excluding carboxylic acids is 1. The molecule has 114 valence electrons. The van der Waals surface area contributed by atoms with Crippen LogP contribution in [0.25, 0.3) is 0 Å². The van der Waals surface area contributed by atoms with Crippen LogP contribution in [0.5, 0.6) is 0 Å². The lowest BCUT2D eigenvalue weighted by Gasteiger charge is -2.21. The molecule has 0 saturated heterocycles. The monoisotopic (exact) mass is 349 g/mol. The molecule has 0 unspecified atom stereocenters. The molecule has 0 spiro atoms. The molecular weight excluding hydrogens is 334 g/mol. The molecule has 0 fully saturated rings. The molecule has 0 saturated carbocycles. The number of thiazole rings is 2. The van der Waals surface area contributed by atoms with Crippen molar-refractivity contribution in [2.75, 3.05) is 0 Å². The van der Waals surface area contributed by atoms with E-state index in [0.29, 0.717) is 19.5 Å². The van der Waals surface area contributed by atoms with Gasteiger partial charge >= 0.3 is 0 Å². The molecule has 0 bridgehead atoms. The summed E-state index contributed by atoms with van der Waals surface area (Å²) in [4.78, 5) is 26.1. The number of nitrogens with zero attached hydrogens (tertiary/aromatic N) is 3. The van der Waals surface area contributed by atoms with Crippen molar-refractivity contribution in [3.8, 4) is 0 Å². The third kappa shape index (κ3) is 4.22. The van der Waals surface area contributed by atoms with Crippen molar-refractivity contribution in [3.63, 3.8) is 0 Å². The first kappa shape index (κ1) is 15.3. The minimum absolute atomic E-state index is 0.176. The van der Waals surface area contributed by atoms with Gasteiger partial charge in [-0.05, 0) is 17.9 Å². The van der Waals surface area contributed by atoms with Gasteiger partial charge in [0.05, 0.1) is 24.1 Å². The largest absolute Gasteiger partial charge is 0.332 e. The number of hydrogen-bond donors (Lipinski definition) is 0. The zero-order chi connectivity index (χ0) is 15.2. The summed E-state index contributed by atoms with van der Waals surface area (Å²) >= 11 is 4.86. The molecule has 1 amide bonds. The first-order chi connectivity index (χ1) is 10.8. The Labute approximate surface area is 141 Å². The molecule has 0 aliphatic heterocycles. The molecule has 3 aromatic heterocycles. The van der Waals surface area contributed by atoms with Gasteiger partial charge in [0.25, 0.3) is 0 Å². The van der Waals surface area contributed by atoms with Crippen molar-refractivity contribution in [2.45, 2.75) is 25.9 Å². The fourth-order valence-corrected chi connectivity index (χ4v) is 4.02. The Morgan fingerprint density at radius 2 is 1.68 bits per heavy atom. The van der Waals surface area contributed by atoms with Crippen molar-refractivity contribution < 1.29 is 4.79 Å².